The lowest BCUT2D eigenvalue weighted by Crippen LogP contribution is -2.37. The number of carboxylic acid groups (broad SMARTS) is 1. The van der Waals surface area contributed by atoms with Crippen LogP contribution in [0.2, 0.25) is 0 Å². The molecule has 24 heavy (non-hydrogen) atoms. The lowest BCUT2D eigenvalue weighted by molar-refractivity contribution is 0.0696. The number of hydrogen-bond donors (Lipinski definition) is 2. The largest absolute Gasteiger partial charge is 0.478 e. The molecule has 1 heterocycles. The van der Waals surface area contributed by atoms with Gasteiger partial charge < -0.3 is 10.4 Å². The van der Waals surface area contributed by atoms with Gasteiger partial charge in [0, 0.05) is 11.6 Å². The number of allylic oxidation sites excluding steroid dienone is 5. The van der Waals surface area contributed by atoms with Crippen LogP contribution in [0.5, 0.6) is 0 Å². The molecule has 0 bridgehead atoms. The number of hydrogen-bond acceptors (Lipinski definition) is 2. The predicted octanol–water partition coefficient (Wildman–Crippen LogP) is 5.16. The van der Waals surface area contributed by atoms with Crippen molar-refractivity contribution in [2.45, 2.75) is 32.7 Å². The van der Waals surface area contributed by atoms with E-state index in [9.17, 15) is 9.90 Å². The van der Waals surface area contributed by atoms with Gasteiger partial charge in [0.05, 0.1) is 11.6 Å². The van der Waals surface area contributed by atoms with E-state index in [0.717, 1.165) is 17.7 Å². The van der Waals surface area contributed by atoms with Crippen molar-refractivity contribution in [1.29, 1.82) is 0 Å². The molecule has 3 atom stereocenters. The van der Waals surface area contributed by atoms with Crippen molar-refractivity contribution < 1.29 is 9.90 Å². The van der Waals surface area contributed by atoms with Crippen LogP contribution in [0, 0.1) is 5.92 Å². The summed E-state index contributed by atoms with van der Waals surface area (Å²) in [7, 11) is 0. The second-order valence-corrected chi connectivity index (χ2v) is 5.97. The normalized spacial score (nSPS) is 24.7. The number of benzene rings is 1. The molecule has 2 N–H and O–H groups in total. The highest BCUT2D eigenvalue weighted by Gasteiger charge is 2.38. The Hall–Kier alpha value is -2.55. The first-order chi connectivity index (χ1) is 11.2. The summed E-state index contributed by atoms with van der Waals surface area (Å²) in [5.41, 5.74) is 3.69. The first-order valence-corrected chi connectivity index (χ1v) is 7.91. The molecular formula is C21H25NO2. The van der Waals surface area contributed by atoms with Gasteiger partial charge in [0.2, 0.25) is 0 Å². The van der Waals surface area contributed by atoms with Crippen LogP contribution in [0.3, 0.4) is 0 Å². The van der Waals surface area contributed by atoms with Crippen LogP contribution in [-0.4, -0.2) is 17.1 Å². The average molecular weight is 323 g/mol. The highest BCUT2D eigenvalue weighted by atomic mass is 16.4. The number of carbonyl (C=O) groups is 1. The van der Waals surface area contributed by atoms with E-state index >= 15 is 0 Å². The highest BCUT2D eigenvalue weighted by Crippen LogP contribution is 2.46. The Kier molecular flexibility index (Phi) is 5.45. The van der Waals surface area contributed by atoms with E-state index in [-0.39, 0.29) is 19.4 Å². The van der Waals surface area contributed by atoms with E-state index in [1.54, 1.807) is 12.1 Å². The summed E-state index contributed by atoms with van der Waals surface area (Å²) >= 11 is 0. The fraction of sp³-hybridized carbons (Fsp3) is 0.286. The Bertz CT molecular complexity index is 727. The van der Waals surface area contributed by atoms with Crippen molar-refractivity contribution in [3.63, 3.8) is 0 Å². The van der Waals surface area contributed by atoms with Gasteiger partial charge in [0.1, 0.15) is 0 Å². The standard InChI is InChI=1S/C20H21NO2.CH4/c1-3-5-7-13(4-2)19-16-9-6-8-15(16)17-12-14(20(22)23)10-11-18(17)21-19;/h3-8,10-12,15-16,19,21H,1,9H2,2H3,(H,22,23);1H4/b7-5-,13-4+;. The number of anilines is 1. The van der Waals surface area contributed by atoms with E-state index in [1.807, 2.05) is 25.1 Å². The minimum Gasteiger partial charge on any atom is -0.478 e. The van der Waals surface area contributed by atoms with Crippen LogP contribution < -0.4 is 5.32 Å². The van der Waals surface area contributed by atoms with Crippen molar-refractivity contribution in [2.75, 3.05) is 5.32 Å². The Morgan fingerprint density at radius 3 is 2.88 bits per heavy atom. The molecule has 1 aromatic rings. The summed E-state index contributed by atoms with van der Waals surface area (Å²) < 4.78 is 0. The molecule has 0 radical (unpaired) electrons. The average Bonchev–Trinajstić information content (AvgIpc) is 3.05. The molecule has 0 fully saturated rings. The summed E-state index contributed by atoms with van der Waals surface area (Å²) in [5.74, 6) is -0.202. The summed E-state index contributed by atoms with van der Waals surface area (Å²) in [6.45, 7) is 5.78. The molecule has 0 saturated carbocycles. The third-order valence-electron chi connectivity index (χ3n) is 4.73. The van der Waals surface area contributed by atoms with Gasteiger partial charge in [-0.15, -0.1) is 0 Å². The molecule has 3 nitrogen and oxygen atoms in total. The summed E-state index contributed by atoms with van der Waals surface area (Å²) in [6.07, 6.45) is 13.4. The molecule has 0 aromatic heterocycles. The van der Waals surface area contributed by atoms with Gasteiger partial charge in [-0.05, 0) is 48.6 Å². The van der Waals surface area contributed by atoms with Crippen LogP contribution in [0.15, 0.2) is 66.8 Å². The Balaban J connectivity index is 0.00000208. The molecule has 126 valence electrons. The summed E-state index contributed by atoms with van der Waals surface area (Å²) in [4.78, 5) is 11.2. The van der Waals surface area contributed by atoms with Crippen molar-refractivity contribution >= 4 is 11.7 Å². The molecule has 1 aliphatic heterocycles. The van der Waals surface area contributed by atoms with Crippen molar-refractivity contribution in [2.24, 2.45) is 5.92 Å². The quantitative estimate of drug-likeness (QED) is 0.594. The maximum absolute atomic E-state index is 11.2. The number of carboxylic acids is 1. The molecule has 0 amide bonds. The van der Waals surface area contributed by atoms with E-state index in [0.29, 0.717) is 11.5 Å². The minimum absolute atomic E-state index is 0. The van der Waals surface area contributed by atoms with E-state index < -0.39 is 5.97 Å². The molecule has 3 rings (SSSR count). The molecule has 1 aliphatic carbocycles. The zero-order valence-corrected chi connectivity index (χ0v) is 13.2. The topological polar surface area (TPSA) is 49.3 Å². The van der Waals surface area contributed by atoms with Gasteiger partial charge in [0.25, 0.3) is 0 Å². The van der Waals surface area contributed by atoms with Gasteiger partial charge in [-0.25, -0.2) is 4.79 Å². The lowest BCUT2D eigenvalue weighted by atomic mass is 9.76. The number of fused-ring (bicyclic) bond motifs is 3. The van der Waals surface area contributed by atoms with Gasteiger partial charge in [0.15, 0.2) is 0 Å². The van der Waals surface area contributed by atoms with E-state index in [2.05, 4.69) is 36.2 Å². The zero-order valence-electron chi connectivity index (χ0n) is 13.2. The van der Waals surface area contributed by atoms with Crippen LogP contribution in [0.25, 0.3) is 0 Å². The predicted molar refractivity (Wildman–Crippen MR) is 101 cm³/mol. The first-order valence-electron chi connectivity index (χ1n) is 7.91. The molecular weight excluding hydrogens is 298 g/mol. The van der Waals surface area contributed by atoms with E-state index in [4.69, 9.17) is 0 Å². The van der Waals surface area contributed by atoms with Crippen LogP contribution in [0.4, 0.5) is 5.69 Å². The van der Waals surface area contributed by atoms with Crippen molar-refractivity contribution in [3.05, 3.63) is 77.9 Å². The summed E-state index contributed by atoms with van der Waals surface area (Å²) in [6, 6.07) is 5.58. The SMILES string of the molecule is C.C=C/C=C\C(=C/C)C1Nc2ccc(C(=O)O)cc2C2C=CCC12. The van der Waals surface area contributed by atoms with Gasteiger partial charge in [-0.2, -0.15) is 0 Å². The number of nitrogens with one attached hydrogen (secondary N) is 1. The van der Waals surface area contributed by atoms with Crippen LogP contribution >= 0.6 is 0 Å². The Morgan fingerprint density at radius 2 is 2.21 bits per heavy atom. The second-order valence-electron chi connectivity index (χ2n) is 5.97. The van der Waals surface area contributed by atoms with E-state index in [1.165, 1.54) is 5.57 Å². The molecule has 3 unspecified atom stereocenters. The van der Waals surface area contributed by atoms with Gasteiger partial charge in [-0.1, -0.05) is 50.5 Å². The number of rotatable bonds is 4. The Labute approximate surface area is 144 Å². The second kappa shape index (κ2) is 7.35. The fourth-order valence-corrected chi connectivity index (χ4v) is 3.62. The van der Waals surface area contributed by atoms with Gasteiger partial charge >= 0.3 is 5.97 Å². The monoisotopic (exact) mass is 323 g/mol. The third kappa shape index (κ3) is 3.07. The molecule has 0 saturated heterocycles. The Morgan fingerprint density at radius 1 is 1.42 bits per heavy atom. The van der Waals surface area contributed by atoms with Crippen molar-refractivity contribution in [3.8, 4) is 0 Å². The maximum atomic E-state index is 11.2. The molecule has 1 aromatic carbocycles. The zero-order chi connectivity index (χ0) is 16.4. The third-order valence-corrected chi connectivity index (χ3v) is 4.73. The molecule has 2 aliphatic rings. The van der Waals surface area contributed by atoms with Crippen molar-refractivity contribution in [1.82, 2.24) is 0 Å². The first kappa shape index (κ1) is 17.8. The fourth-order valence-electron chi connectivity index (χ4n) is 3.62. The summed E-state index contributed by atoms with van der Waals surface area (Å²) in [5, 5.41) is 12.8. The number of aromatic carboxylic acids is 1. The smallest absolute Gasteiger partial charge is 0.335 e. The maximum Gasteiger partial charge on any atom is 0.335 e. The highest BCUT2D eigenvalue weighted by molar-refractivity contribution is 5.89. The molecule has 0 spiro atoms. The lowest BCUT2D eigenvalue weighted by Gasteiger charge is -2.38. The van der Waals surface area contributed by atoms with Crippen LogP contribution in [0.1, 0.15) is 42.6 Å². The minimum atomic E-state index is -0.878. The van der Waals surface area contributed by atoms with Gasteiger partial charge in [-0.3, -0.25) is 0 Å². The van der Waals surface area contributed by atoms with Crippen LogP contribution in [-0.2, 0) is 0 Å². The molecule has 3 heteroatoms.